The van der Waals surface area contributed by atoms with Crippen molar-refractivity contribution in [3.8, 4) is 0 Å². The van der Waals surface area contributed by atoms with Crippen LogP contribution < -0.4 is 11.1 Å². The van der Waals surface area contributed by atoms with Crippen LogP contribution in [0.15, 0.2) is 29.2 Å². The molecular weight excluding hydrogens is 260 g/mol. The van der Waals surface area contributed by atoms with E-state index in [-0.39, 0.29) is 11.2 Å². The number of rotatable bonds is 8. The van der Waals surface area contributed by atoms with Gasteiger partial charge in [-0.1, -0.05) is 12.1 Å². The normalized spacial score (nSPS) is 12.2. The molecule has 1 aromatic rings. The van der Waals surface area contributed by atoms with Crippen LogP contribution in [0.5, 0.6) is 0 Å². The molecular formula is C14H22N2O2S. The summed E-state index contributed by atoms with van der Waals surface area (Å²) in [5, 5.41) is 2.79. The van der Waals surface area contributed by atoms with E-state index < -0.39 is 0 Å². The highest BCUT2D eigenvalue weighted by Gasteiger charge is 2.13. The van der Waals surface area contributed by atoms with Crippen molar-refractivity contribution in [3.63, 3.8) is 0 Å². The number of ether oxygens (including phenoxy) is 1. The Balaban J connectivity index is 2.40. The highest BCUT2D eigenvalue weighted by molar-refractivity contribution is 8.00. The number of amides is 1. The third-order valence-electron chi connectivity index (χ3n) is 2.64. The minimum Gasteiger partial charge on any atom is -0.385 e. The third-order valence-corrected chi connectivity index (χ3v) is 3.73. The van der Waals surface area contributed by atoms with Crippen LogP contribution in [-0.4, -0.2) is 31.4 Å². The first-order valence-corrected chi connectivity index (χ1v) is 7.27. The lowest BCUT2D eigenvalue weighted by Gasteiger charge is -2.12. The standard InChI is InChI=1S/C14H22N2O2S/c1-11(14(17)16-7-4-8-18-2)19-13-6-3-5-12(9-13)10-15/h3,5-6,9,11H,4,7-8,10,15H2,1-2H3,(H,16,17). The highest BCUT2D eigenvalue weighted by atomic mass is 32.2. The molecule has 0 spiro atoms. The molecule has 106 valence electrons. The zero-order valence-corrected chi connectivity index (χ0v) is 12.3. The van der Waals surface area contributed by atoms with E-state index in [1.54, 1.807) is 18.9 Å². The van der Waals surface area contributed by atoms with Crippen molar-refractivity contribution in [1.82, 2.24) is 5.32 Å². The Morgan fingerprint density at radius 2 is 2.32 bits per heavy atom. The monoisotopic (exact) mass is 282 g/mol. The summed E-state index contributed by atoms with van der Waals surface area (Å²) in [6.07, 6.45) is 0.836. The first-order chi connectivity index (χ1) is 9.17. The van der Waals surface area contributed by atoms with Gasteiger partial charge < -0.3 is 15.8 Å². The fourth-order valence-corrected chi connectivity index (χ4v) is 2.55. The van der Waals surface area contributed by atoms with E-state index in [1.165, 1.54) is 0 Å². The molecule has 0 saturated carbocycles. The molecule has 0 aromatic heterocycles. The maximum Gasteiger partial charge on any atom is 0.233 e. The lowest BCUT2D eigenvalue weighted by molar-refractivity contribution is -0.120. The van der Waals surface area contributed by atoms with E-state index in [1.807, 2.05) is 31.2 Å². The Labute approximate surface area is 119 Å². The summed E-state index contributed by atoms with van der Waals surface area (Å²) < 4.78 is 4.94. The van der Waals surface area contributed by atoms with Crippen LogP contribution >= 0.6 is 11.8 Å². The zero-order chi connectivity index (χ0) is 14.1. The van der Waals surface area contributed by atoms with Gasteiger partial charge in [0, 0.05) is 31.7 Å². The number of nitrogens with one attached hydrogen (secondary N) is 1. The summed E-state index contributed by atoms with van der Waals surface area (Å²) in [6.45, 7) is 3.75. The van der Waals surface area contributed by atoms with Gasteiger partial charge in [-0.05, 0) is 31.0 Å². The summed E-state index contributed by atoms with van der Waals surface area (Å²) in [6, 6.07) is 7.98. The molecule has 3 N–H and O–H groups in total. The third kappa shape index (κ3) is 6.09. The first-order valence-electron chi connectivity index (χ1n) is 6.39. The molecule has 0 aliphatic carbocycles. The summed E-state index contributed by atoms with van der Waals surface area (Å²) in [4.78, 5) is 12.9. The zero-order valence-electron chi connectivity index (χ0n) is 11.5. The van der Waals surface area contributed by atoms with Crippen molar-refractivity contribution < 1.29 is 9.53 Å². The van der Waals surface area contributed by atoms with Gasteiger partial charge in [-0.15, -0.1) is 11.8 Å². The second-order valence-corrected chi connectivity index (χ2v) is 5.66. The highest BCUT2D eigenvalue weighted by Crippen LogP contribution is 2.24. The van der Waals surface area contributed by atoms with E-state index in [0.717, 1.165) is 16.9 Å². The van der Waals surface area contributed by atoms with E-state index in [4.69, 9.17) is 10.5 Å². The Morgan fingerprint density at radius 1 is 1.53 bits per heavy atom. The second kappa shape index (κ2) is 8.96. The molecule has 1 amide bonds. The molecule has 0 radical (unpaired) electrons. The molecule has 0 saturated heterocycles. The molecule has 1 aromatic carbocycles. The molecule has 0 heterocycles. The van der Waals surface area contributed by atoms with E-state index >= 15 is 0 Å². The molecule has 1 atom stereocenters. The van der Waals surface area contributed by atoms with Crippen molar-refractivity contribution in [1.29, 1.82) is 0 Å². The minimum atomic E-state index is -0.115. The number of hydrogen-bond donors (Lipinski definition) is 2. The number of methoxy groups -OCH3 is 1. The maximum absolute atomic E-state index is 11.9. The van der Waals surface area contributed by atoms with Gasteiger partial charge in [0.15, 0.2) is 0 Å². The number of thioether (sulfide) groups is 1. The molecule has 0 fully saturated rings. The molecule has 5 heteroatoms. The number of nitrogens with two attached hydrogens (primary N) is 1. The van der Waals surface area contributed by atoms with Crippen molar-refractivity contribution in [2.75, 3.05) is 20.3 Å². The second-order valence-electron chi connectivity index (χ2n) is 4.25. The predicted octanol–water partition coefficient (Wildman–Crippen LogP) is 1.78. The molecule has 19 heavy (non-hydrogen) atoms. The SMILES string of the molecule is COCCCNC(=O)C(C)Sc1cccc(CN)c1. The smallest absolute Gasteiger partial charge is 0.233 e. The van der Waals surface area contributed by atoms with Crippen LogP contribution in [0.3, 0.4) is 0 Å². The van der Waals surface area contributed by atoms with Gasteiger partial charge >= 0.3 is 0 Å². The molecule has 0 bridgehead atoms. The number of hydrogen-bond acceptors (Lipinski definition) is 4. The fourth-order valence-electron chi connectivity index (χ4n) is 1.58. The number of carbonyl (C=O) groups excluding carboxylic acids is 1. The lowest BCUT2D eigenvalue weighted by atomic mass is 10.2. The van der Waals surface area contributed by atoms with Gasteiger partial charge in [-0.2, -0.15) is 0 Å². The molecule has 1 rings (SSSR count). The van der Waals surface area contributed by atoms with Crippen molar-refractivity contribution in [3.05, 3.63) is 29.8 Å². The van der Waals surface area contributed by atoms with Crippen molar-refractivity contribution in [2.45, 2.75) is 30.0 Å². The van der Waals surface area contributed by atoms with Crippen LogP contribution in [0.1, 0.15) is 18.9 Å². The van der Waals surface area contributed by atoms with Crippen LogP contribution in [0, 0.1) is 0 Å². The Bertz CT molecular complexity index is 399. The van der Waals surface area contributed by atoms with Gasteiger partial charge in [0.25, 0.3) is 0 Å². The van der Waals surface area contributed by atoms with Gasteiger partial charge in [-0.3, -0.25) is 4.79 Å². The van der Waals surface area contributed by atoms with Gasteiger partial charge in [0.2, 0.25) is 5.91 Å². The average Bonchev–Trinajstić information content (AvgIpc) is 2.43. The topological polar surface area (TPSA) is 64.3 Å². The van der Waals surface area contributed by atoms with Crippen LogP contribution in [0.2, 0.25) is 0 Å². The molecule has 0 aliphatic rings. The summed E-state index contributed by atoms with van der Waals surface area (Å²) in [7, 11) is 1.66. The van der Waals surface area contributed by atoms with Crippen LogP contribution in [0.4, 0.5) is 0 Å². The average molecular weight is 282 g/mol. The predicted molar refractivity (Wildman–Crippen MR) is 79.2 cm³/mol. The van der Waals surface area contributed by atoms with E-state index in [9.17, 15) is 4.79 Å². The summed E-state index contributed by atoms with van der Waals surface area (Å²) in [5.74, 6) is 0.0549. The molecule has 0 aliphatic heterocycles. The minimum absolute atomic E-state index is 0.0549. The Kier molecular flexibility index (Phi) is 7.55. The van der Waals surface area contributed by atoms with Crippen molar-refractivity contribution in [2.24, 2.45) is 5.73 Å². The molecule has 1 unspecified atom stereocenters. The number of benzene rings is 1. The Morgan fingerprint density at radius 3 is 3.00 bits per heavy atom. The summed E-state index contributed by atoms with van der Waals surface area (Å²) >= 11 is 1.55. The van der Waals surface area contributed by atoms with Gasteiger partial charge in [0.05, 0.1) is 5.25 Å². The lowest BCUT2D eigenvalue weighted by Crippen LogP contribution is -2.32. The van der Waals surface area contributed by atoms with E-state index in [2.05, 4.69) is 5.32 Å². The van der Waals surface area contributed by atoms with Crippen LogP contribution in [-0.2, 0) is 16.1 Å². The number of carbonyl (C=O) groups is 1. The van der Waals surface area contributed by atoms with E-state index in [0.29, 0.717) is 19.7 Å². The van der Waals surface area contributed by atoms with Gasteiger partial charge in [-0.25, -0.2) is 0 Å². The fraction of sp³-hybridized carbons (Fsp3) is 0.500. The van der Waals surface area contributed by atoms with Crippen LogP contribution in [0.25, 0.3) is 0 Å². The Hall–Kier alpha value is -1.04. The molecule has 4 nitrogen and oxygen atoms in total. The van der Waals surface area contributed by atoms with Crippen molar-refractivity contribution >= 4 is 17.7 Å². The largest absolute Gasteiger partial charge is 0.385 e. The maximum atomic E-state index is 11.9. The van der Waals surface area contributed by atoms with Gasteiger partial charge in [0.1, 0.15) is 0 Å². The summed E-state index contributed by atoms with van der Waals surface area (Å²) in [5.41, 5.74) is 6.68. The quantitative estimate of drug-likeness (QED) is 0.563. The first kappa shape index (κ1) is 16.0.